The molecule has 0 aliphatic carbocycles. The van der Waals surface area contributed by atoms with E-state index in [0.717, 1.165) is 5.56 Å². The van der Waals surface area contributed by atoms with E-state index in [1.54, 1.807) is 30.6 Å². The van der Waals surface area contributed by atoms with E-state index in [4.69, 9.17) is 4.74 Å². The van der Waals surface area contributed by atoms with Crippen molar-refractivity contribution in [3.63, 3.8) is 0 Å². The van der Waals surface area contributed by atoms with E-state index in [2.05, 4.69) is 15.3 Å². The van der Waals surface area contributed by atoms with Gasteiger partial charge < -0.3 is 19.9 Å². The van der Waals surface area contributed by atoms with Gasteiger partial charge in [-0.1, -0.05) is 30.3 Å². The van der Waals surface area contributed by atoms with Gasteiger partial charge in [0.15, 0.2) is 0 Å². The topological polar surface area (TPSA) is 105 Å². The Kier molecular flexibility index (Phi) is 7.40. The Hall–Kier alpha value is -3.49. The second-order valence-electron chi connectivity index (χ2n) is 8.60. The van der Waals surface area contributed by atoms with Gasteiger partial charge in [0.25, 0.3) is 5.91 Å². The van der Waals surface area contributed by atoms with Crippen molar-refractivity contribution in [3.05, 3.63) is 60.2 Å². The summed E-state index contributed by atoms with van der Waals surface area (Å²) in [6, 6.07) is 8.73. The summed E-state index contributed by atoms with van der Waals surface area (Å²) in [5, 5.41) is 2.73. The van der Waals surface area contributed by atoms with Gasteiger partial charge in [-0.15, -0.1) is 0 Å². The van der Waals surface area contributed by atoms with E-state index in [1.807, 2.05) is 30.3 Å². The van der Waals surface area contributed by atoms with Gasteiger partial charge in [-0.2, -0.15) is 0 Å². The summed E-state index contributed by atoms with van der Waals surface area (Å²) in [5.41, 5.74) is 0.538. The maximum absolute atomic E-state index is 13.3. The van der Waals surface area contributed by atoms with E-state index >= 15 is 0 Å². The summed E-state index contributed by atoms with van der Waals surface area (Å²) in [7, 11) is 0. The van der Waals surface area contributed by atoms with E-state index < -0.39 is 17.7 Å². The lowest BCUT2D eigenvalue weighted by Gasteiger charge is -2.36. The smallest absolute Gasteiger partial charge is 0.408 e. The Bertz CT molecular complexity index is 922. The van der Waals surface area contributed by atoms with E-state index in [9.17, 15) is 14.4 Å². The molecule has 1 N–H and O–H groups in total. The van der Waals surface area contributed by atoms with Crippen molar-refractivity contribution in [2.45, 2.75) is 38.8 Å². The van der Waals surface area contributed by atoms with E-state index in [1.165, 1.54) is 18.6 Å². The van der Waals surface area contributed by atoms with Crippen LogP contribution in [0.15, 0.2) is 48.9 Å². The van der Waals surface area contributed by atoms with Crippen LogP contribution in [0.5, 0.6) is 0 Å². The molecule has 9 nitrogen and oxygen atoms in total. The highest BCUT2D eigenvalue weighted by atomic mass is 16.6. The molecule has 1 aliphatic rings. The fourth-order valence-electron chi connectivity index (χ4n) is 3.42. The first-order valence-corrected chi connectivity index (χ1v) is 10.6. The molecule has 1 aromatic carbocycles. The normalized spacial score (nSPS) is 15.1. The summed E-state index contributed by atoms with van der Waals surface area (Å²) in [5.74, 6) is -0.413. The molecule has 3 rings (SSSR count). The minimum absolute atomic E-state index is 0.202. The standard InChI is InChI=1S/C23H29N5O4/c1-23(2,3)32-22(31)26-18(15-17-7-5-4-6-8-17)20(29)27-11-13-28(14-12-27)21(30)19-16-24-9-10-25-19/h4-10,16,18H,11-15H2,1-3H3,(H,26,31). The number of hydrogen-bond donors (Lipinski definition) is 1. The third-order valence-corrected chi connectivity index (χ3v) is 4.93. The molecule has 0 bridgehead atoms. The minimum atomic E-state index is -0.769. The van der Waals surface area contributed by atoms with Crippen LogP contribution in [0.25, 0.3) is 0 Å². The minimum Gasteiger partial charge on any atom is -0.444 e. The quantitative estimate of drug-likeness (QED) is 0.763. The van der Waals surface area contributed by atoms with Crippen molar-refractivity contribution in [3.8, 4) is 0 Å². The average molecular weight is 440 g/mol. The molecule has 0 spiro atoms. The first-order valence-electron chi connectivity index (χ1n) is 10.6. The zero-order valence-corrected chi connectivity index (χ0v) is 18.7. The largest absolute Gasteiger partial charge is 0.444 e. The molecule has 1 unspecified atom stereocenters. The van der Waals surface area contributed by atoms with Gasteiger partial charge in [-0.3, -0.25) is 14.6 Å². The molecule has 2 heterocycles. The summed E-state index contributed by atoms with van der Waals surface area (Å²) < 4.78 is 5.35. The lowest BCUT2D eigenvalue weighted by molar-refractivity contribution is -0.135. The second kappa shape index (κ2) is 10.2. The number of carbonyl (C=O) groups excluding carboxylic acids is 3. The Morgan fingerprint density at radius 1 is 1.03 bits per heavy atom. The Morgan fingerprint density at radius 3 is 2.28 bits per heavy atom. The monoisotopic (exact) mass is 439 g/mol. The molecule has 3 amide bonds. The zero-order chi connectivity index (χ0) is 23.1. The molecular weight excluding hydrogens is 410 g/mol. The van der Waals surface area contributed by atoms with Gasteiger partial charge in [0.05, 0.1) is 6.20 Å². The summed E-state index contributed by atoms with van der Waals surface area (Å²) in [4.78, 5) is 49.5. The summed E-state index contributed by atoms with van der Waals surface area (Å²) in [6.07, 6.45) is 4.13. The Balaban J connectivity index is 1.65. The van der Waals surface area contributed by atoms with Crippen LogP contribution in [0.4, 0.5) is 4.79 Å². The highest BCUT2D eigenvalue weighted by Gasteiger charge is 2.31. The number of piperazine rings is 1. The fourth-order valence-corrected chi connectivity index (χ4v) is 3.42. The average Bonchev–Trinajstić information content (AvgIpc) is 2.78. The van der Waals surface area contributed by atoms with Crippen LogP contribution in [-0.4, -0.2) is 75.5 Å². The van der Waals surface area contributed by atoms with Gasteiger partial charge in [-0.05, 0) is 26.3 Å². The lowest BCUT2D eigenvalue weighted by Crippen LogP contribution is -2.56. The zero-order valence-electron chi connectivity index (χ0n) is 18.7. The highest BCUT2D eigenvalue weighted by molar-refractivity contribution is 5.92. The van der Waals surface area contributed by atoms with Crippen molar-refractivity contribution in [1.82, 2.24) is 25.1 Å². The number of benzene rings is 1. The van der Waals surface area contributed by atoms with Crippen molar-refractivity contribution in [1.29, 1.82) is 0 Å². The predicted molar refractivity (Wildman–Crippen MR) is 118 cm³/mol. The number of aromatic nitrogens is 2. The molecule has 1 aliphatic heterocycles. The maximum Gasteiger partial charge on any atom is 0.408 e. The molecule has 1 aromatic heterocycles. The molecule has 1 saturated heterocycles. The van der Waals surface area contributed by atoms with Crippen LogP contribution in [0, 0.1) is 0 Å². The Morgan fingerprint density at radius 2 is 1.69 bits per heavy atom. The van der Waals surface area contributed by atoms with Crippen LogP contribution in [0.3, 0.4) is 0 Å². The second-order valence-corrected chi connectivity index (χ2v) is 8.60. The number of rotatable bonds is 5. The summed E-state index contributed by atoms with van der Waals surface area (Å²) >= 11 is 0. The first kappa shape index (κ1) is 23.2. The third kappa shape index (κ3) is 6.50. The molecular formula is C23H29N5O4. The number of alkyl carbamates (subject to hydrolysis) is 1. The van der Waals surface area contributed by atoms with Gasteiger partial charge in [0, 0.05) is 45.0 Å². The third-order valence-electron chi connectivity index (χ3n) is 4.93. The number of nitrogens with zero attached hydrogens (tertiary/aromatic N) is 4. The van der Waals surface area contributed by atoms with Crippen molar-refractivity contribution >= 4 is 17.9 Å². The van der Waals surface area contributed by atoms with Gasteiger partial charge in [-0.25, -0.2) is 9.78 Å². The first-order chi connectivity index (χ1) is 15.2. The molecule has 1 atom stereocenters. The van der Waals surface area contributed by atoms with Crippen LogP contribution in [0.1, 0.15) is 36.8 Å². The summed E-state index contributed by atoms with van der Waals surface area (Å²) in [6.45, 7) is 6.81. The van der Waals surface area contributed by atoms with Crippen LogP contribution < -0.4 is 5.32 Å². The van der Waals surface area contributed by atoms with E-state index in [-0.39, 0.29) is 17.5 Å². The molecule has 1 fully saturated rings. The van der Waals surface area contributed by atoms with Crippen LogP contribution in [-0.2, 0) is 16.0 Å². The fraction of sp³-hybridized carbons (Fsp3) is 0.435. The highest BCUT2D eigenvalue weighted by Crippen LogP contribution is 2.12. The molecule has 170 valence electrons. The number of amides is 3. The Labute approximate surface area is 187 Å². The predicted octanol–water partition coefficient (Wildman–Crippen LogP) is 1.90. The van der Waals surface area contributed by atoms with Gasteiger partial charge in [0.1, 0.15) is 17.3 Å². The van der Waals surface area contributed by atoms with Gasteiger partial charge >= 0.3 is 6.09 Å². The molecule has 2 aromatic rings. The van der Waals surface area contributed by atoms with E-state index in [0.29, 0.717) is 32.6 Å². The molecule has 0 radical (unpaired) electrons. The number of hydrogen-bond acceptors (Lipinski definition) is 6. The maximum atomic E-state index is 13.3. The molecule has 9 heteroatoms. The lowest BCUT2D eigenvalue weighted by atomic mass is 10.0. The number of nitrogens with one attached hydrogen (secondary N) is 1. The van der Waals surface area contributed by atoms with Crippen LogP contribution in [0.2, 0.25) is 0 Å². The van der Waals surface area contributed by atoms with Gasteiger partial charge in [0.2, 0.25) is 5.91 Å². The SMILES string of the molecule is CC(C)(C)OC(=O)NC(Cc1ccccc1)C(=O)N1CCN(C(=O)c2cnccn2)CC1. The molecule has 0 saturated carbocycles. The molecule has 32 heavy (non-hydrogen) atoms. The van der Waals surface area contributed by atoms with Crippen molar-refractivity contribution in [2.24, 2.45) is 0 Å². The van der Waals surface area contributed by atoms with Crippen molar-refractivity contribution in [2.75, 3.05) is 26.2 Å². The van der Waals surface area contributed by atoms with Crippen molar-refractivity contribution < 1.29 is 19.1 Å². The number of carbonyl (C=O) groups is 3. The van der Waals surface area contributed by atoms with Crippen LogP contribution >= 0.6 is 0 Å². The number of ether oxygens (including phenoxy) is 1.